The second kappa shape index (κ2) is 5.56. The molecule has 0 saturated carbocycles. The van der Waals surface area contributed by atoms with Crippen LogP contribution in [0.5, 0.6) is 0 Å². The molecule has 6 heteroatoms. The summed E-state index contributed by atoms with van der Waals surface area (Å²) < 4.78 is 0. The Bertz CT molecular complexity index is 524. The maximum atomic E-state index is 12.1. The first-order chi connectivity index (χ1) is 9.43. The number of amides is 2. The molecule has 1 aromatic rings. The van der Waals surface area contributed by atoms with Gasteiger partial charge in [-0.15, -0.1) is 0 Å². The molecule has 0 aliphatic carbocycles. The standard InChI is InChI=1S/C14H20N4O2/c1-5-15-11-6-8(2)16-12(17-11)7-18-13(19)9(3)10(4)14(18)20/h6,9-10H,5,7H2,1-4H3,(H,15,16,17). The van der Waals surface area contributed by atoms with Crippen molar-refractivity contribution in [1.82, 2.24) is 14.9 Å². The fraction of sp³-hybridized carbons (Fsp3) is 0.571. The summed E-state index contributed by atoms with van der Waals surface area (Å²) in [5.41, 5.74) is 0.811. The molecule has 6 nitrogen and oxygen atoms in total. The molecule has 1 aromatic heterocycles. The lowest BCUT2D eigenvalue weighted by Crippen LogP contribution is -2.31. The molecule has 0 radical (unpaired) electrons. The van der Waals surface area contributed by atoms with E-state index >= 15 is 0 Å². The van der Waals surface area contributed by atoms with Crippen molar-refractivity contribution in [3.63, 3.8) is 0 Å². The van der Waals surface area contributed by atoms with Gasteiger partial charge in [0, 0.05) is 30.1 Å². The SMILES string of the molecule is CCNc1cc(C)nc(CN2C(=O)C(C)C(C)C2=O)n1. The summed E-state index contributed by atoms with van der Waals surface area (Å²) in [6.45, 7) is 8.31. The molecule has 2 heterocycles. The molecule has 2 atom stereocenters. The second-order valence-corrected chi connectivity index (χ2v) is 5.18. The highest BCUT2D eigenvalue weighted by Gasteiger charge is 2.42. The number of anilines is 1. The summed E-state index contributed by atoms with van der Waals surface area (Å²) in [6.07, 6.45) is 0. The van der Waals surface area contributed by atoms with E-state index in [0.29, 0.717) is 5.82 Å². The fourth-order valence-electron chi connectivity index (χ4n) is 2.30. The van der Waals surface area contributed by atoms with Crippen LogP contribution in [0.1, 0.15) is 32.3 Å². The lowest BCUT2D eigenvalue weighted by molar-refractivity contribution is -0.140. The molecule has 1 fully saturated rings. The summed E-state index contributed by atoms with van der Waals surface area (Å²) >= 11 is 0. The van der Waals surface area contributed by atoms with Crippen LogP contribution in [0.3, 0.4) is 0 Å². The van der Waals surface area contributed by atoms with Gasteiger partial charge >= 0.3 is 0 Å². The highest BCUT2D eigenvalue weighted by Crippen LogP contribution is 2.26. The van der Waals surface area contributed by atoms with Crippen molar-refractivity contribution in [2.45, 2.75) is 34.2 Å². The highest BCUT2D eigenvalue weighted by atomic mass is 16.2. The van der Waals surface area contributed by atoms with E-state index in [1.165, 1.54) is 4.90 Å². The minimum Gasteiger partial charge on any atom is -0.370 e. The Balaban J connectivity index is 2.22. The maximum Gasteiger partial charge on any atom is 0.233 e. The first-order valence-corrected chi connectivity index (χ1v) is 6.87. The largest absolute Gasteiger partial charge is 0.370 e. The normalized spacial score (nSPS) is 22.5. The minimum absolute atomic E-state index is 0.141. The smallest absolute Gasteiger partial charge is 0.233 e. The number of aromatic nitrogens is 2. The number of hydrogen-bond acceptors (Lipinski definition) is 5. The fourth-order valence-corrected chi connectivity index (χ4v) is 2.30. The van der Waals surface area contributed by atoms with Gasteiger partial charge in [0.15, 0.2) is 5.82 Å². The number of nitrogens with zero attached hydrogens (tertiary/aromatic N) is 3. The van der Waals surface area contributed by atoms with Gasteiger partial charge in [0.25, 0.3) is 0 Å². The Morgan fingerprint density at radius 2 is 1.80 bits per heavy atom. The molecule has 1 aliphatic heterocycles. The summed E-state index contributed by atoms with van der Waals surface area (Å²) in [5.74, 6) is 0.399. The van der Waals surface area contributed by atoms with Gasteiger partial charge in [0.05, 0.1) is 6.54 Å². The summed E-state index contributed by atoms with van der Waals surface area (Å²) in [4.78, 5) is 34.0. The van der Waals surface area contributed by atoms with Crippen LogP contribution < -0.4 is 5.32 Å². The van der Waals surface area contributed by atoms with Crippen LogP contribution in [0.4, 0.5) is 5.82 Å². The zero-order chi connectivity index (χ0) is 14.9. The van der Waals surface area contributed by atoms with Crippen LogP contribution in [0.25, 0.3) is 0 Å². The van der Waals surface area contributed by atoms with Crippen LogP contribution >= 0.6 is 0 Å². The van der Waals surface area contributed by atoms with E-state index in [4.69, 9.17) is 0 Å². The van der Waals surface area contributed by atoms with Crippen molar-refractivity contribution in [2.24, 2.45) is 11.8 Å². The molecule has 1 saturated heterocycles. The van der Waals surface area contributed by atoms with E-state index in [2.05, 4.69) is 15.3 Å². The predicted molar refractivity (Wildman–Crippen MR) is 74.8 cm³/mol. The van der Waals surface area contributed by atoms with E-state index in [0.717, 1.165) is 18.1 Å². The van der Waals surface area contributed by atoms with E-state index in [9.17, 15) is 9.59 Å². The minimum atomic E-state index is -0.263. The topological polar surface area (TPSA) is 75.2 Å². The molecule has 20 heavy (non-hydrogen) atoms. The van der Waals surface area contributed by atoms with E-state index in [-0.39, 0.29) is 30.2 Å². The number of aryl methyl sites for hydroxylation is 1. The van der Waals surface area contributed by atoms with Gasteiger partial charge in [0.2, 0.25) is 11.8 Å². The average molecular weight is 276 g/mol. The van der Waals surface area contributed by atoms with E-state index < -0.39 is 0 Å². The molecule has 1 aliphatic rings. The molecule has 1 N–H and O–H groups in total. The predicted octanol–water partition coefficient (Wildman–Crippen LogP) is 1.36. The Hall–Kier alpha value is -1.98. The Kier molecular flexibility index (Phi) is 4.01. The third-order valence-corrected chi connectivity index (χ3v) is 3.62. The van der Waals surface area contributed by atoms with Gasteiger partial charge in [-0.1, -0.05) is 13.8 Å². The lowest BCUT2D eigenvalue weighted by Gasteiger charge is -2.14. The lowest BCUT2D eigenvalue weighted by atomic mass is 10.00. The Morgan fingerprint density at radius 1 is 1.20 bits per heavy atom. The third-order valence-electron chi connectivity index (χ3n) is 3.62. The van der Waals surface area contributed by atoms with Gasteiger partial charge in [0.1, 0.15) is 5.82 Å². The quantitative estimate of drug-likeness (QED) is 0.840. The molecule has 2 amide bonds. The number of carbonyl (C=O) groups is 2. The average Bonchev–Trinajstić information content (AvgIpc) is 2.56. The van der Waals surface area contributed by atoms with Crippen LogP contribution in [0.15, 0.2) is 6.07 Å². The van der Waals surface area contributed by atoms with Gasteiger partial charge in [-0.05, 0) is 13.8 Å². The van der Waals surface area contributed by atoms with Gasteiger partial charge in [-0.25, -0.2) is 9.97 Å². The zero-order valence-corrected chi connectivity index (χ0v) is 12.3. The van der Waals surface area contributed by atoms with Gasteiger partial charge in [-0.3, -0.25) is 14.5 Å². The van der Waals surface area contributed by atoms with Crippen molar-refractivity contribution in [1.29, 1.82) is 0 Å². The molecule has 0 spiro atoms. The molecule has 0 aromatic carbocycles. The number of imide groups is 1. The number of likely N-dealkylation sites (tertiary alicyclic amines) is 1. The summed E-state index contributed by atoms with van der Waals surface area (Å²) in [7, 11) is 0. The van der Waals surface area contributed by atoms with Gasteiger partial charge in [-0.2, -0.15) is 0 Å². The van der Waals surface area contributed by atoms with Crippen molar-refractivity contribution < 1.29 is 9.59 Å². The molecule has 2 unspecified atom stereocenters. The number of carbonyl (C=O) groups excluding carboxylic acids is 2. The molecule has 108 valence electrons. The highest BCUT2D eigenvalue weighted by molar-refractivity contribution is 6.04. The van der Waals surface area contributed by atoms with Crippen LogP contribution in [-0.2, 0) is 16.1 Å². The summed E-state index contributed by atoms with van der Waals surface area (Å²) in [6, 6.07) is 1.84. The maximum absolute atomic E-state index is 12.1. The van der Waals surface area contributed by atoms with Gasteiger partial charge < -0.3 is 5.32 Å². The monoisotopic (exact) mass is 276 g/mol. The van der Waals surface area contributed by atoms with Crippen LogP contribution in [0, 0.1) is 18.8 Å². The third kappa shape index (κ3) is 2.64. The van der Waals surface area contributed by atoms with E-state index in [1.54, 1.807) is 13.8 Å². The van der Waals surface area contributed by atoms with Crippen molar-refractivity contribution >= 4 is 17.6 Å². The molecule has 2 rings (SSSR count). The first kappa shape index (κ1) is 14.4. The van der Waals surface area contributed by atoms with Crippen molar-refractivity contribution in [2.75, 3.05) is 11.9 Å². The number of hydrogen-bond donors (Lipinski definition) is 1. The van der Waals surface area contributed by atoms with Crippen molar-refractivity contribution in [3.05, 3.63) is 17.6 Å². The summed E-state index contributed by atoms with van der Waals surface area (Å²) in [5, 5.41) is 3.11. The van der Waals surface area contributed by atoms with Crippen LogP contribution in [-0.4, -0.2) is 33.2 Å². The molecular weight excluding hydrogens is 256 g/mol. The van der Waals surface area contributed by atoms with Crippen molar-refractivity contribution in [3.8, 4) is 0 Å². The number of nitrogens with one attached hydrogen (secondary N) is 1. The second-order valence-electron chi connectivity index (χ2n) is 5.18. The Labute approximate surface area is 118 Å². The first-order valence-electron chi connectivity index (χ1n) is 6.87. The molecule has 0 bridgehead atoms. The van der Waals surface area contributed by atoms with Crippen LogP contribution in [0.2, 0.25) is 0 Å². The molecular formula is C14H20N4O2. The Morgan fingerprint density at radius 3 is 2.35 bits per heavy atom. The zero-order valence-electron chi connectivity index (χ0n) is 12.3. The van der Waals surface area contributed by atoms with E-state index in [1.807, 2.05) is 19.9 Å². The number of rotatable bonds is 4.